The summed E-state index contributed by atoms with van der Waals surface area (Å²) >= 11 is 0. The van der Waals surface area contributed by atoms with Crippen LogP contribution in [0.15, 0.2) is 58.5 Å². The Morgan fingerprint density at radius 1 is 1.16 bits per heavy atom. The van der Waals surface area contributed by atoms with Gasteiger partial charge in [0.05, 0.1) is 0 Å². The number of halogens is 3. The van der Waals surface area contributed by atoms with Crippen LogP contribution in [0.4, 0.5) is 8.78 Å². The van der Waals surface area contributed by atoms with Crippen LogP contribution in [-0.4, -0.2) is 43.4 Å². The lowest BCUT2D eigenvalue weighted by molar-refractivity contribution is -0.129. The van der Waals surface area contributed by atoms with Crippen LogP contribution in [0.25, 0.3) is 0 Å². The number of aryl methyl sites for hydroxylation is 1. The summed E-state index contributed by atoms with van der Waals surface area (Å²) in [5.41, 5.74) is 16.3. The molecule has 1 heterocycles. The Kier molecular flexibility index (Phi) is 8.75. The molecular weight excluding hydrogens is 430 g/mol. The number of nitrogens with two attached hydrogens (primary N) is 3. The molecule has 1 atom stereocenters. The number of guanidine groups is 2. The summed E-state index contributed by atoms with van der Waals surface area (Å²) in [6.45, 7) is -1.00. The number of hydrogen-bond donors (Lipinski definition) is 3. The lowest BCUT2D eigenvalue weighted by Crippen LogP contribution is -2.41. The number of nitrogens with zero attached hydrogens (tertiary/aromatic N) is 3. The van der Waals surface area contributed by atoms with Crippen LogP contribution in [0, 0.1) is 6.92 Å². The van der Waals surface area contributed by atoms with Gasteiger partial charge < -0.3 is 21.9 Å². The normalized spacial score (nSPS) is 17.3. The first-order valence-corrected chi connectivity index (χ1v) is 8.85. The van der Waals surface area contributed by atoms with E-state index in [-0.39, 0.29) is 36.0 Å². The third-order valence-electron chi connectivity index (χ3n) is 4.43. The van der Waals surface area contributed by atoms with Crippen LogP contribution in [0.1, 0.15) is 16.7 Å². The molecule has 168 valence electrons. The van der Waals surface area contributed by atoms with Crippen LogP contribution in [0.3, 0.4) is 0 Å². The van der Waals surface area contributed by atoms with Gasteiger partial charge in [-0.15, -0.1) is 12.4 Å². The molecule has 1 amide bonds. The predicted octanol–water partition coefficient (Wildman–Crippen LogP) is 1.94. The first-order chi connectivity index (χ1) is 14.1. The third kappa shape index (κ3) is 5.60. The van der Waals surface area contributed by atoms with Gasteiger partial charge >= 0.3 is 6.61 Å². The fraction of sp³-hybridized carbons (Fsp3) is 0.250. The maximum Gasteiger partial charge on any atom is 0.387 e. The highest BCUT2D eigenvalue weighted by molar-refractivity contribution is 6.08. The molecule has 0 aliphatic carbocycles. The Bertz CT molecular complexity index is 964. The minimum atomic E-state index is -2.91. The standard InChI is InChI=1S/C18H17F2N3O2.C2H7N3.ClH/c1-11-4-3-5-13(10-11)18(15(24)23(2)17(21)22-18)12-6-8-14(9-7-12)25-16(19)20;1-5-2(3)4;/h3-10,16H,1-2H3,(H2,21,22);1H3,(H4,3,4,5);1H. The van der Waals surface area contributed by atoms with Gasteiger partial charge in [0.15, 0.2) is 17.5 Å². The molecule has 1 unspecified atom stereocenters. The number of aliphatic imine (C=N–C) groups is 2. The largest absolute Gasteiger partial charge is 0.435 e. The zero-order valence-corrected chi connectivity index (χ0v) is 18.1. The van der Waals surface area contributed by atoms with Gasteiger partial charge in [0.1, 0.15) is 5.75 Å². The van der Waals surface area contributed by atoms with Gasteiger partial charge in [-0.05, 0) is 30.2 Å². The minimum absolute atomic E-state index is 0. The van der Waals surface area contributed by atoms with E-state index in [2.05, 4.69) is 14.7 Å². The van der Waals surface area contributed by atoms with Crippen molar-refractivity contribution in [3.8, 4) is 5.75 Å². The second kappa shape index (κ2) is 10.6. The molecule has 31 heavy (non-hydrogen) atoms. The van der Waals surface area contributed by atoms with Gasteiger partial charge in [-0.3, -0.25) is 14.7 Å². The average molecular weight is 455 g/mol. The topological polar surface area (TPSA) is 132 Å². The van der Waals surface area contributed by atoms with E-state index < -0.39 is 12.2 Å². The van der Waals surface area contributed by atoms with E-state index in [4.69, 9.17) is 17.2 Å². The summed E-state index contributed by atoms with van der Waals surface area (Å²) in [5, 5.41) is 0. The molecule has 1 aliphatic heterocycles. The molecular formula is C20H25ClF2N6O2. The maximum atomic E-state index is 13.0. The molecule has 11 heteroatoms. The summed E-state index contributed by atoms with van der Waals surface area (Å²) in [6.07, 6.45) is 0. The Labute approximate surface area is 185 Å². The molecule has 0 fully saturated rings. The Morgan fingerprint density at radius 3 is 2.16 bits per heavy atom. The number of likely N-dealkylation sites (N-methyl/N-ethyl adjacent to an activating group) is 1. The number of amides is 1. The van der Waals surface area contributed by atoms with E-state index in [1.165, 1.54) is 24.1 Å². The SMILES string of the molecule is CN=C(N)N.Cc1cccc(C2(c3ccc(OC(F)F)cc3)N=C(N)N(C)C2=O)c1.Cl. The molecule has 2 aromatic carbocycles. The van der Waals surface area contributed by atoms with Crippen molar-refractivity contribution in [1.29, 1.82) is 0 Å². The van der Waals surface area contributed by atoms with Crippen molar-refractivity contribution in [2.45, 2.75) is 19.1 Å². The molecule has 0 saturated carbocycles. The van der Waals surface area contributed by atoms with Crippen molar-refractivity contribution in [3.63, 3.8) is 0 Å². The second-order valence-electron chi connectivity index (χ2n) is 6.47. The Morgan fingerprint density at radius 2 is 1.74 bits per heavy atom. The zero-order valence-electron chi connectivity index (χ0n) is 17.3. The highest BCUT2D eigenvalue weighted by Crippen LogP contribution is 2.40. The lowest BCUT2D eigenvalue weighted by Gasteiger charge is -2.26. The van der Waals surface area contributed by atoms with Gasteiger partial charge in [0.2, 0.25) is 0 Å². The first-order valence-electron chi connectivity index (χ1n) is 8.85. The van der Waals surface area contributed by atoms with Gasteiger partial charge in [0, 0.05) is 14.1 Å². The molecule has 6 N–H and O–H groups in total. The third-order valence-corrected chi connectivity index (χ3v) is 4.43. The van der Waals surface area contributed by atoms with E-state index in [0.29, 0.717) is 11.1 Å². The summed E-state index contributed by atoms with van der Waals surface area (Å²) in [7, 11) is 3.09. The number of rotatable bonds is 4. The number of alkyl halides is 2. The van der Waals surface area contributed by atoms with Crippen LogP contribution in [0.2, 0.25) is 0 Å². The number of ether oxygens (including phenoxy) is 1. The van der Waals surface area contributed by atoms with E-state index in [0.717, 1.165) is 5.56 Å². The van der Waals surface area contributed by atoms with Crippen molar-refractivity contribution in [2.24, 2.45) is 27.2 Å². The molecule has 0 radical (unpaired) electrons. The number of carbonyl (C=O) groups is 1. The zero-order chi connectivity index (χ0) is 22.5. The molecule has 3 rings (SSSR count). The molecule has 0 bridgehead atoms. The Balaban J connectivity index is 0.000000721. The quantitative estimate of drug-likeness (QED) is 0.479. The second-order valence-corrected chi connectivity index (χ2v) is 6.47. The molecule has 0 aromatic heterocycles. The molecule has 8 nitrogen and oxygen atoms in total. The number of hydrogen-bond acceptors (Lipinski definition) is 5. The van der Waals surface area contributed by atoms with Gasteiger partial charge in [-0.2, -0.15) is 8.78 Å². The van der Waals surface area contributed by atoms with E-state index in [1.54, 1.807) is 25.2 Å². The molecule has 1 aliphatic rings. The smallest absolute Gasteiger partial charge is 0.387 e. The first kappa shape index (κ1) is 25.6. The molecule has 0 saturated heterocycles. The summed E-state index contributed by atoms with van der Waals surface area (Å²) in [4.78, 5) is 22.1. The van der Waals surface area contributed by atoms with Crippen LogP contribution in [0.5, 0.6) is 5.75 Å². The lowest BCUT2D eigenvalue weighted by atomic mass is 9.82. The van der Waals surface area contributed by atoms with Gasteiger partial charge in [-0.25, -0.2) is 4.99 Å². The predicted molar refractivity (Wildman–Crippen MR) is 118 cm³/mol. The monoisotopic (exact) mass is 454 g/mol. The highest BCUT2D eigenvalue weighted by Gasteiger charge is 2.49. The van der Waals surface area contributed by atoms with Crippen LogP contribution >= 0.6 is 12.4 Å². The van der Waals surface area contributed by atoms with Crippen molar-refractivity contribution >= 4 is 30.2 Å². The van der Waals surface area contributed by atoms with Crippen molar-refractivity contribution in [3.05, 3.63) is 65.2 Å². The van der Waals surface area contributed by atoms with E-state index in [9.17, 15) is 13.6 Å². The summed E-state index contributed by atoms with van der Waals surface area (Å²) in [6, 6.07) is 13.3. The van der Waals surface area contributed by atoms with Crippen LogP contribution in [-0.2, 0) is 10.3 Å². The van der Waals surface area contributed by atoms with Crippen molar-refractivity contribution < 1.29 is 18.3 Å². The van der Waals surface area contributed by atoms with E-state index in [1.807, 2.05) is 25.1 Å². The summed E-state index contributed by atoms with van der Waals surface area (Å²) in [5.74, 6) is -0.0727. The fourth-order valence-corrected chi connectivity index (χ4v) is 2.93. The number of benzene rings is 2. The molecule has 2 aromatic rings. The molecule has 0 spiro atoms. The van der Waals surface area contributed by atoms with Gasteiger partial charge in [-0.1, -0.05) is 42.0 Å². The summed E-state index contributed by atoms with van der Waals surface area (Å²) < 4.78 is 29.1. The van der Waals surface area contributed by atoms with Gasteiger partial charge in [0.25, 0.3) is 5.91 Å². The van der Waals surface area contributed by atoms with E-state index >= 15 is 0 Å². The number of carbonyl (C=O) groups excluding carboxylic acids is 1. The maximum absolute atomic E-state index is 13.0. The minimum Gasteiger partial charge on any atom is -0.435 e. The Hall–Kier alpha value is -3.40. The van der Waals surface area contributed by atoms with Crippen molar-refractivity contribution in [2.75, 3.05) is 14.1 Å². The average Bonchev–Trinajstić information content (AvgIpc) is 2.93. The highest BCUT2D eigenvalue weighted by atomic mass is 35.5. The fourth-order valence-electron chi connectivity index (χ4n) is 2.93. The van der Waals surface area contributed by atoms with Crippen molar-refractivity contribution in [1.82, 2.24) is 4.90 Å². The van der Waals surface area contributed by atoms with Crippen LogP contribution < -0.4 is 21.9 Å².